The lowest BCUT2D eigenvalue weighted by Gasteiger charge is -2.31. The van der Waals surface area contributed by atoms with Crippen molar-refractivity contribution in [1.29, 1.82) is 0 Å². The summed E-state index contributed by atoms with van der Waals surface area (Å²) in [5.41, 5.74) is -1.84. The number of carbonyl (C=O) groups excluding carboxylic acids is 1. The van der Waals surface area contributed by atoms with Gasteiger partial charge in [-0.05, 0) is 19.8 Å². The first-order valence-electron chi connectivity index (χ1n) is 4.67. The van der Waals surface area contributed by atoms with Gasteiger partial charge in [-0.15, -0.1) is 0 Å². The van der Waals surface area contributed by atoms with E-state index in [2.05, 4.69) is 0 Å². The van der Waals surface area contributed by atoms with E-state index >= 15 is 0 Å². The second kappa shape index (κ2) is 3.96. The number of rotatable bonds is 3. The van der Waals surface area contributed by atoms with Crippen LogP contribution in [-0.2, 0) is 9.59 Å². The summed E-state index contributed by atoms with van der Waals surface area (Å²) in [6.45, 7) is 1.63. The van der Waals surface area contributed by atoms with Crippen LogP contribution >= 0.6 is 0 Å². The van der Waals surface area contributed by atoms with Gasteiger partial charge in [-0.25, -0.2) is 4.79 Å². The molecule has 0 aromatic rings. The van der Waals surface area contributed by atoms with Crippen LogP contribution in [0.4, 0.5) is 0 Å². The van der Waals surface area contributed by atoms with Crippen molar-refractivity contribution in [2.45, 2.75) is 31.8 Å². The van der Waals surface area contributed by atoms with Crippen molar-refractivity contribution in [3.63, 3.8) is 0 Å². The second-order valence-electron chi connectivity index (χ2n) is 3.85. The molecule has 0 aromatic carbocycles. The molecule has 1 heterocycles. The third kappa shape index (κ3) is 2.45. The molecular formula is C9H15NO4. The SMILES string of the molecule is CC(O)(CN1CCCCC1=O)C(=O)O. The van der Waals surface area contributed by atoms with Crippen LogP contribution in [0.25, 0.3) is 0 Å². The maximum Gasteiger partial charge on any atom is 0.337 e. The van der Waals surface area contributed by atoms with E-state index in [9.17, 15) is 14.7 Å². The lowest BCUT2D eigenvalue weighted by Crippen LogP contribution is -2.50. The quantitative estimate of drug-likeness (QED) is 0.664. The number of β-amino-alcohol motifs (C(OH)–C–C–N with tert-alkyl or cyclic N) is 1. The number of piperidine rings is 1. The fourth-order valence-corrected chi connectivity index (χ4v) is 1.47. The zero-order valence-electron chi connectivity index (χ0n) is 8.19. The lowest BCUT2D eigenvalue weighted by atomic mass is 10.0. The molecule has 80 valence electrons. The molecule has 1 aliphatic heterocycles. The third-order valence-corrected chi connectivity index (χ3v) is 2.38. The smallest absolute Gasteiger partial charge is 0.337 e. The van der Waals surface area contributed by atoms with Gasteiger partial charge in [0, 0.05) is 13.0 Å². The highest BCUT2D eigenvalue weighted by molar-refractivity contribution is 5.80. The van der Waals surface area contributed by atoms with Crippen molar-refractivity contribution in [3.05, 3.63) is 0 Å². The van der Waals surface area contributed by atoms with Crippen LogP contribution in [0.1, 0.15) is 26.2 Å². The fourth-order valence-electron chi connectivity index (χ4n) is 1.47. The van der Waals surface area contributed by atoms with Gasteiger partial charge in [-0.3, -0.25) is 4.79 Å². The largest absolute Gasteiger partial charge is 0.479 e. The number of aliphatic carboxylic acids is 1. The third-order valence-electron chi connectivity index (χ3n) is 2.38. The standard InChI is InChI=1S/C9H15NO4/c1-9(14,8(12)13)6-10-5-3-2-4-7(10)11/h14H,2-6H2,1H3,(H,12,13). The maximum atomic E-state index is 11.3. The summed E-state index contributed by atoms with van der Waals surface area (Å²) in [5.74, 6) is -1.37. The normalized spacial score (nSPS) is 21.9. The van der Waals surface area contributed by atoms with Gasteiger partial charge in [0.25, 0.3) is 0 Å². The first-order chi connectivity index (χ1) is 6.43. The van der Waals surface area contributed by atoms with Crippen molar-refractivity contribution < 1.29 is 19.8 Å². The summed E-state index contributed by atoms with van der Waals surface area (Å²) in [4.78, 5) is 23.3. The van der Waals surface area contributed by atoms with Crippen LogP contribution in [0.5, 0.6) is 0 Å². The summed E-state index contributed by atoms with van der Waals surface area (Å²) < 4.78 is 0. The van der Waals surface area contributed by atoms with Gasteiger partial charge in [0.05, 0.1) is 6.54 Å². The van der Waals surface area contributed by atoms with Gasteiger partial charge in [-0.1, -0.05) is 0 Å². The Morgan fingerprint density at radius 1 is 1.57 bits per heavy atom. The van der Waals surface area contributed by atoms with Gasteiger partial charge in [0.2, 0.25) is 5.91 Å². The van der Waals surface area contributed by atoms with Crippen LogP contribution < -0.4 is 0 Å². The Morgan fingerprint density at radius 2 is 2.21 bits per heavy atom. The molecule has 1 rings (SSSR count). The van der Waals surface area contributed by atoms with Gasteiger partial charge >= 0.3 is 5.97 Å². The van der Waals surface area contributed by atoms with Gasteiger partial charge in [0.15, 0.2) is 5.60 Å². The van der Waals surface area contributed by atoms with E-state index in [1.165, 1.54) is 11.8 Å². The minimum Gasteiger partial charge on any atom is -0.479 e. The van der Waals surface area contributed by atoms with Crippen molar-refractivity contribution >= 4 is 11.9 Å². The lowest BCUT2D eigenvalue weighted by molar-refractivity contribution is -0.160. The topological polar surface area (TPSA) is 77.8 Å². The van der Waals surface area contributed by atoms with Crippen LogP contribution in [-0.4, -0.2) is 45.7 Å². The first kappa shape index (κ1) is 11.0. The summed E-state index contributed by atoms with van der Waals surface area (Å²) in [6.07, 6.45) is 2.18. The summed E-state index contributed by atoms with van der Waals surface area (Å²) in [6, 6.07) is 0. The molecule has 0 aromatic heterocycles. The molecule has 5 nitrogen and oxygen atoms in total. The van der Waals surface area contributed by atoms with E-state index in [0.29, 0.717) is 13.0 Å². The number of carboxylic acid groups (broad SMARTS) is 1. The van der Waals surface area contributed by atoms with Crippen molar-refractivity contribution in [2.75, 3.05) is 13.1 Å². The Morgan fingerprint density at radius 3 is 2.71 bits per heavy atom. The molecule has 1 aliphatic rings. The molecular weight excluding hydrogens is 186 g/mol. The van der Waals surface area contributed by atoms with E-state index in [0.717, 1.165) is 12.8 Å². The summed E-state index contributed by atoms with van der Waals surface area (Å²) in [5, 5.41) is 18.1. The fraction of sp³-hybridized carbons (Fsp3) is 0.778. The molecule has 5 heteroatoms. The zero-order chi connectivity index (χ0) is 10.8. The van der Waals surface area contributed by atoms with E-state index < -0.39 is 11.6 Å². The molecule has 2 N–H and O–H groups in total. The number of hydrogen-bond donors (Lipinski definition) is 2. The number of aliphatic hydroxyl groups is 1. The Hall–Kier alpha value is -1.10. The number of nitrogens with zero attached hydrogens (tertiary/aromatic N) is 1. The molecule has 0 aliphatic carbocycles. The molecule has 0 bridgehead atoms. The first-order valence-corrected chi connectivity index (χ1v) is 4.67. The second-order valence-corrected chi connectivity index (χ2v) is 3.85. The van der Waals surface area contributed by atoms with Crippen molar-refractivity contribution in [2.24, 2.45) is 0 Å². The minimum atomic E-state index is -1.84. The van der Waals surface area contributed by atoms with Gasteiger partial charge in [0.1, 0.15) is 0 Å². The number of carboxylic acids is 1. The minimum absolute atomic E-state index is 0.0715. The highest BCUT2D eigenvalue weighted by Crippen LogP contribution is 2.14. The average Bonchev–Trinajstić information content (AvgIpc) is 2.08. The maximum absolute atomic E-state index is 11.3. The van der Waals surface area contributed by atoms with Crippen molar-refractivity contribution in [3.8, 4) is 0 Å². The van der Waals surface area contributed by atoms with Crippen LogP contribution in [0.2, 0.25) is 0 Å². The zero-order valence-corrected chi connectivity index (χ0v) is 8.19. The molecule has 0 saturated carbocycles. The Kier molecular flexibility index (Phi) is 3.10. The number of likely N-dealkylation sites (tertiary alicyclic amines) is 1. The van der Waals surface area contributed by atoms with E-state index in [1.54, 1.807) is 0 Å². The van der Waals surface area contributed by atoms with Crippen LogP contribution in [0, 0.1) is 0 Å². The van der Waals surface area contributed by atoms with Gasteiger partial charge < -0.3 is 15.1 Å². The average molecular weight is 201 g/mol. The molecule has 1 atom stereocenters. The molecule has 14 heavy (non-hydrogen) atoms. The predicted octanol–water partition coefficient (Wildman–Crippen LogP) is -0.166. The van der Waals surface area contributed by atoms with Crippen molar-refractivity contribution in [1.82, 2.24) is 4.90 Å². The molecule has 1 amide bonds. The van der Waals surface area contributed by atoms with Crippen LogP contribution in [0.15, 0.2) is 0 Å². The Balaban J connectivity index is 2.58. The van der Waals surface area contributed by atoms with Crippen LogP contribution in [0.3, 0.4) is 0 Å². The predicted molar refractivity (Wildman–Crippen MR) is 48.7 cm³/mol. The van der Waals surface area contributed by atoms with E-state index in [1.807, 2.05) is 0 Å². The number of carbonyl (C=O) groups is 2. The van der Waals surface area contributed by atoms with E-state index in [4.69, 9.17) is 5.11 Å². The number of hydrogen-bond acceptors (Lipinski definition) is 3. The highest BCUT2D eigenvalue weighted by atomic mass is 16.4. The van der Waals surface area contributed by atoms with E-state index in [-0.39, 0.29) is 12.5 Å². The summed E-state index contributed by atoms with van der Waals surface area (Å²) >= 11 is 0. The Labute approximate surface area is 82.3 Å². The molecule has 1 saturated heterocycles. The molecule has 0 radical (unpaired) electrons. The number of amides is 1. The Bertz CT molecular complexity index is 249. The highest BCUT2D eigenvalue weighted by Gasteiger charge is 2.34. The molecule has 1 unspecified atom stereocenters. The molecule has 1 fully saturated rings. The summed E-state index contributed by atoms with van der Waals surface area (Å²) in [7, 11) is 0. The molecule has 0 spiro atoms. The monoisotopic (exact) mass is 201 g/mol. The van der Waals surface area contributed by atoms with Gasteiger partial charge in [-0.2, -0.15) is 0 Å².